The molecule has 0 aliphatic heterocycles. The van der Waals surface area contributed by atoms with Crippen LogP contribution in [0, 0.1) is 0 Å². The maximum atomic E-state index is 9.72. The first-order valence-corrected chi connectivity index (χ1v) is 14.7. The van der Waals surface area contributed by atoms with Gasteiger partial charge in [-0.2, -0.15) is 0 Å². The second kappa shape index (κ2) is 9.42. The van der Waals surface area contributed by atoms with Crippen molar-refractivity contribution in [2.75, 3.05) is 12.3 Å². The normalized spacial score (nSPS) is 11.8. The zero-order valence-corrected chi connectivity index (χ0v) is 20.6. The van der Waals surface area contributed by atoms with E-state index in [1.807, 2.05) is 22.8 Å². The van der Waals surface area contributed by atoms with Crippen LogP contribution in [0.15, 0.2) is 54.9 Å². The summed E-state index contributed by atoms with van der Waals surface area (Å²) < 4.78 is 14.1. The summed E-state index contributed by atoms with van der Waals surface area (Å²) in [6.45, 7) is 7.99. The lowest BCUT2D eigenvalue weighted by Gasteiger charge is -2.16. The fourth-order valence-electron chi connectivity index (χ4n) is 3.34. The average molecular weight is 483 g/mol. The molecule has 2 heterocycles. The van der Waals surface area contributed by atoms with Crippen molar-refractivity contribution in [2.24, 2.45) is 0 Å². The minimum atomic E-state index is -1.21. The zero-order chi connectivity index (χ0) is 23.6. The van der Waals surface area contributed by atoms with Crippen molar-refractivity contribution < 1.29 is 14.6 Å². The highest BCUT2D eigenvalue weighted by Crippen LogP contribution is 2.35. The van der Waals surface area contributed by atoms with Crippen molar-refractivity contribution in [3.8, 4) is 28.6 Å². The first kappa shape index (κ1) is 23.1. The van der Waals surface area contributed by atoms with E-state index in [0.29, 0.717) is 41.3 Å². The van der Waals surface area contributed by atoms with E-state index < -0.39 is 8.07 Å². The van der Waals surface area contributed by atoms with Gasteiger partial charge in [0.1, 0.15) is 30.2 Å². The monoisotopic (exact) mass is 482 g/mol. The number of nitrogen functional groups attached to an aromatic ring is 1. The number of fused-ring (bicyclic) bond motifs is 1. The lowest BCUT2D eigenvalue weighted by Crippen LogP contribution is -2.22. The first-order chi connectivity index (χ1) is 15.7. The maximum absolute atomic E-state index is 9.72. The molecule has 0 spiro atoms. The van der Waals surface area contributed by atoms with Crippen LogP contribution in [0.2, 0.25) is 30.7 Å². The number of benzene rings is 2. The Morgan fingerprint density at radius 1 is 1.06 bits per heavy atom. The van der Waals surface area contributed by atoms with Crippen LogP contribution in [0.4, 0.5) is 5.69 Å². The Hall–Kier alpha value is -3.07. The molecular weight excluding hydrogens is 456 g/mol. The Morgan fingerprint density at radius 3 is 2.52 bits per heavy atom. The molecule has 9 heteroatoms. The van der Waals surface area contributed by atoms with E-state index in [4.69, 9.17) is 26.8 Å². The highest BCUT2D eigenvalue weighted by atomic mass is 35.5. The quantitative estimate of drug-likeness (QED) is 0.178. The van der Waals surface area contributed by atoms with E-state index in [9.17, 15) is 5.11 Å². The van der Waals surface area contributed by atoms with Gasteiger partial charge in [-0.3, -0.25) is 0 Å². The van der Waals surface area contributed by atoms with Gasteiger partial charge >= 0.3 is 0 Å². The summed E-state index contributed by atoms with van der Waals surface area (Å²) in [6.07, 6.45) is 1.47. The minimum Gasteiger partial charge on any atom is -0.508 e. The van der Waals surface area contributed by atoms with Crippen molar-refractivity contribution >= 4 is 36.4 Å². The number of halogens is 1. The average Bonchev–Trinajstić information content (AvgIpc) is 3.13. The van der Waals surface area contributed by atoms with E-state index in [2.05, 4.69) is 29.6 Å². The van der Waals surface area contributed by atoms with E-state index in [1.54, 1.807) is 30.3 Å². The van der Waals surface area contributed by atoms with E-state index in [-0.39, 0.29) is 5.75 Å². The van der Waals surface area contributed by atoms with Gasteiger partial charge in [0.2, 0.25) is 5.88 Å². The third-order valence-corrected chi connectivity index (χ3v) is 7.25. The molecule has 2 aromatic heterocycles. The molecular formula is C24H27ClN4O3Si. The second-order valence-electron chi connectivity index (χ2n) is 9.05. The molecule has 0 unspecified atom stereocenters. The molecule has 0 radical (unpaired) electrons. The SMILES string of the molecule is C[Si](C)(C)CCOCn1c(-c2ccc(O)cc2)cc2c(Oc3ccc(N)c(Cl)c3)ncnc21. The Bertz CT molecular complexity index is 1270. The molecule has 33 heavy (non-hydrogen) atoms. The van der Waals surface area contributed by atoms with E-state index >= 15 is 0 Å². The Kier molecular flexibility index (Phi) is 6.60. The number of phenolic OH excluding ortho intramolecular Hbond substituents is 1. The number of aromatic hydroxyl groups is 1. The van der Waals surface area contributed by atoms with Crippen molar-refractivity contribution in [3.63, 3.8) is 0 Å². The molecule has 0 saturated heterocycles. The molecule has 4 aromatic rings. The predicted octanol–water partition coefficient (Wildman–Crippen LogP) is 6.14. The van der Waals surface area contributed by atoms with Crippen LogP contribution >= 0.6 is 11.6 Å². The molecule has 0 bridgehead atoms. The van der Waals surface area contributed by atoms with Crippen molar-refractivity contribution in [2.45, 2.75) is 32.4 Å². The fourth-order valence-corrected chi connectivity index (χ4v) is 4.27. The molecule has 4 rings (SSSR count). The topological polar surface area (TPSA) is 95.4 Å². The number of nitrogens with two attached hydrogens (primary N) is 1. The Balaban J connectivity index is 1.72. The van der Waals surface area contributed by atoms with Gasteiger partial charge in [0.25, 0.3) is 0 Å². The van der Waals surface area contributed by atoms with Crippen molar-refractivity contribution in [1.82, 2.24) is 14.5 Å². The Morgan fingerprint density at radius 2 is 1.82 bits per heavy atom. The van der Waals surface area contributed by atoms with Gasteiger partial charge in [0.05, 0.1) is 21.8 Å². The summed E-state index contributed by atoms with van der Waals surface area (Å²) in [6, 6.07) is 15.2. The molecule has 0 amide bonds. The number of ether oxygens (including phenoxy) is 2. The number of rotatable bonds is 8. The highest BCUT2D eigenvalue weighted by molar-refractivity contribution is 6.76. The summed E-state index contributed by atoms with van der Waals surface area (Å²) in [4.78, 5) is 8.86. The molecule has 7 nitrogen and oxygen atoms in total. The van der Waals surface area contributed by atoms with Crippen LogP contribution in [0.3, 0.4) is 0 Å². The summed E-state index contributed by atoms with van der Waals surface area (Å²) in [5.41, 5.74) is 8.79. The number of anilines is 1. The first-order valence-electron chi connectivity index (χ1n) is 10.7. The number of phenols is 1. The number of hydrogen-bond acceptors (Lipinski definition) is 6. The van der Waals surface area contributed by atoms with Gasteiger partial charge in [-0.25, -0.2) is 9.97 Å². The van der Waals surface area contributed by atoms with E-state index in [0.717, 1.165) is 22.7 Å². The molecule has 0 aliphatic carbocycles. The van der Waals surface area contributed by atoms with Gasteiger partial charge in [-0.15, -0.1) is 0 Å². The molecule has 0 aliphatic rings. The highest BCUT2D eigenvalue weighted by Gasteiger charge is 2.18. The van der Waals surface area contributed by atoms with Crippen LogP contribution in [-0.2, 0) is 11.5 Å². The number of hydrogen-bond donors (Lipinski definition) is 2. The van der Waals surface area contributed by atoms with Gasteiger partial charge in [0.15, 0.2) is 0 Å². The fraction of sp³-hybridized carbons (Fsp3) is 0.250. The maximum Gasteiger partial charge on any atom is 0.231 e. The molecule has 0 atom stereocenters. The molecule has 2 aromatic carbocycles. The molecule has 3 N–H and O–H groups in total. The molecule has 0 fully saturated rings. The van der Waals surface area contributed by atoms with Gasteiger partial charge in [0, 0.05) is 20.7 Å². The van der Waals surface area contributed by atoms with Gasteiger partial charge in [-0.05, 0) is 54.1 Å². The summed E-state index contributed by atoms with van der Waals surface area (Å²) in [5.74, 6) is 1.14. The lowest BCUT2D eigenvalue weighted by atomic mass is 10.1. The molecule has 172 valence electrons. The predicted molar refractivity (Wildman–Crippen MR) is 135 cm³/mol. The summed E-state index contributed by atoms with van der Waals surface area (Å²) in [5, 5.41) is 10.9. The van der Waals surface area contributed by atoms with Crippen molar-refractivity contribution in [1.29, 1.82) is 0 Å². The van der Waals surface area contributed by atoms with Crippen LogP contribution in [0.1, 0.15) is 0 Å². The summed E-state index contributed by atoms with van der Waals surface area (Å²) >= 11 is 6.15. The lowest BCUT2D eigenvalue weighted by molar-refractivity contribution is 0.0909. The van der Waals surface area contributed by atoms with Crippen LogP contribution in [0.25, 0.3) is 22.3 Å². The van der Waals surface area contributed by atoms with E-state index in [1.165, 1.54) is 6.33 Å². The second-order valence-corrected chi connectivity index (χ2v) is 15.1. The largest absolute Gasteiger partial charge is 0.508 e. The Labute approximate surface area is 198 Å². The van der Waals surface area contributed by atoms with Crippen LogP contribution in [-0.4, -0.2) is 34.3 Å². The third-order valence-electron chi connectivity index (χ3n) is 5.22. The zero-order valence-electron chi connectivity index (χ0n) is 18.9. The number of nitrogens with zero attached hydrogens (tertiary/aromatic N) is 3. The standard InChI is InChI=1S/C24H27ClN4O3Si/c1-33(2,3)11-10-31-15-29-22(16-4-6-17(30)7-5-16)13-19-23(29)27-14-28-24(19)32-18-8-9-21(26)20(25)12-18/h4-9,12-14,30H,10-11,15,26H2,1-3H3. The minimum absolute atomic E-state index is 0.205. The summed E-state index contributed by atoms with van der Waals surface area (Å²) in [7, 11) is -1.21. The van der Waals surface area contributed by atoms with Gasteiger partial charge < -0.3 is 24.9 Å². The number of aromatic nitrogens is 3. The smallest absolute Gasteiger partial charge is 0.231 e. The van der Waals surface area contributed by atoms with Crippen molar-refractivity contribution in [3.05, 3.63) is 59.9 Å². The van der Waals surface area contributed by atoms with Gasteiger partial charge in [-0.1, -0.05) is 31.2 Å². The molecule has 0 saturated carbocycles. The van der Waals surface area contributed by atoms with Crippen LogP contribution < -0.4 is 10.5 Å². The third kappa shape index (κ3) is 5.47. The van der Waals surface area contributed by atoms with Crippen LogP contribution in [0.5, 0.6) is 17.4 Å².